The van der Waals surface area contributed by atoms with E-state index < -0.39 is 0 Å². The molecule has 8 heavy (non-hydrogen) atoms. The van der Waals surface area contributed by atoms with Crippen LogP contribution in [0.2, 0.25) is 0 Å². The maximum atomic E-state index is 2.39. The molecule has 1 aliphatic heterocycles. The molecule has 0 N–H and O–H groups in total. The SMILES string of the molecule is CC(C)(C)P1[SH2]C[SH2]1. The van der Waals surface area contributed by atoms with Gasteiger partial charge in [0.15, 0.2) is 0 Å². The maximum absolute atomic E-state index is 2.39. The molecule has 0 aromatic rings. The van der Waals surface area contributed by atoms with Gasteiger partial charge in [0.1, 0.15) is 0 Å². The second kappa shape index (κ2) is 2.40. The second-order valence-corrected chi connectivity index (χ2v) is 13.0. The van der Waals surface area contributed by atoms with Crippen molar-refractivity contribution in [3.05, 3.63) is 0 Å². The van der Waals surface area contributed by atoms with Crippen molar-refractivity contribution >= 4 is 29.1 Å². The van der Waals surface area contributed by atoms with E-state index in [9.17, 15) is 0 Å². The van der Waals surface area contributed by atoms with E-state index in [1.165, 1.54) is 22.8 Å². The van der Waals surface area contributed by atoms with Crippen molar-refractivity contribution in [3.63, 3.8) is 0 Å². The van der Waals surface area contributed by atoms with E-state index in [2.05, 4.69) is 20.8 Å². The van der Waals surface area contributed by atoms with Crippen molar-refractivity contribution in [2.45, 2.75) is 25.9 Å². The van der Waals surface area contributed by atoms with Crippen LogP contribution < -0.4 is 0 Å². The molecule has 0 aromatic heterocycles. The highest BCUT2D eigenvalue weighted by molar-refractivity contribution is 8.98. The van der Waals surface area contributed by atoms with Crippen LogP contribution in [0.4, 0.5) is 0 Å². The predicted octanol–water partition coefficient (Wildman–Crippen LogP) is 2.46. The van der Waals surface area contributed by atoms with Gasteiger partial charge in [-0.3, -0.25) is 0 Å². The summed E-state index contributed by atoms with van der Waals surface area (Å²) in [4.78, 5) is 0. The monoisotopic (exact) mass is 170 g/mol. The normalized spacial score (nSPS) is 39.6. The summed E-state index contributed by atoms with van der Waals surface area (Å²) in [5.74, 6) is 0. The molecule has 0 bridgehead atoms. The lowest BCUT2D eigenvalue weighted by molar-refractivity contribution is 0.799. The van der Waals surface area contributed by atoms with Crippen molar-refractivity contribution < 1.29 is 0 Å². The van der Waals surface area contributed by atoms with Crippen molar-refractivity contribution in [3.8, 4) is 0 Å². The summed E-state index contributed by atoms with van der Waals surface area (Å²) in [6.45, 7) is 7.16. The highest BCUT2D eigenvalue weighted by atomic mass is 33.1. The summed E-state index contributed by atoms with van der Waals surface area (Å²) in [5.41, 5.74) is 0. The zero-order valence-corrected chi connectivity index (χ0v) is 8.55. The standard InChI is InChI=1S/C5H15PS2/c1-5(2,3)6-7-4-8-6/h4,7-8H2,1-3H3. The molecule has 0 nitrogen and oxygen atoms in total. The lowest BCUT2D eigenvalue weighted by atomic mass is 10.3. The van der Waals surface area contributed by atoms with Crippen LogP contribution in [0, 0.1) is 0 Å². The van der Waals surface area contributed by atoms with Crippen LogP contribution in [0.25, 0.3) is 0 Å². The molecule has 1 heterocycles. The molecule has 0 radical (unpaired) electrons. The van der Waals surface area contributed by atoms with Crippen LogP contribution in [0.3, 0.4) is 0 Å². The first-order chi connectivity index (χ1) is 3.61. The Hall–Kier alpha value is 1.13. The predicted molar refractivity (Wildman–Crippen MR) is 52.3 cm³/mol. The fourth-order valence-corrected chi connectivity index (χ4v) is 8.54. The van der Waals surface area contributed by atoms with Gasteiger partial charge in [-0.15, -0.1) is 0 Å². The molecule has 1 saturated heterocycles. The third kappa shape index (κ3) is 1.55. The van der Waals surface area contributed by atoms with Gasteiger partial charge in [0, 0.05) is 5.08 Å². The number of rotatable bonds is 0. The molecular weight excluding hydrogens is 155 g/mol. The van der Waals surface area contributed by atoms with Gasteiger partial charge in [-0.2, -0.15) is 0 Å². The van der Waals surface area contributed by atoms with E-state index in [0.29, 0.717) is 11.5 Å². The molecule has 0 aromatic carbocycles. The fourth-order valence-electron chi connectivity index (χ4n) is 0.632. The van der Waals surface area contributed by atoms with E-state index in [-0.39, 0.29) is 0 Å². The summed E-state index contributed by atoms with van der Waals surface area (Å²) >= 11 is 2.68. The third-order valence-electron chi connectivity index (χ3n) is 1.15. The molecule has 1 fully saturated rings. The Balaban J connectivity index is 2.34. The molecule has 52 valence electrons. The van der Waals surface area contributed by atoms with Gasteiger partial charge in [-0.1, -0.05) is 20.8 Å². The van der Waals surface area contributed by atoms with Crippen LogP contribution in [0.5, 0.6) is 0 Å². The van der Waals surface area contributed by atoms with E-state index >= 15 is 0 Å². The van der Waals surface area contributed by atoms with Crippen molar-refractivity contribution in [2.24, 2.45) is 0 Å². The van der Waals surface area contributed by atoms with Crippen LogP contribution in [-0.2, 0) is 0 Å². The van der Waals surface area contributed by atoms with Crippen LogP contribution in [0.1, 0.15) is 20.8 Å². The summed E-state index contributed by atoms with van der Waals surface area (Å²) in [5, 5.41) is 2.24. The smallest absolute Gasteiger partial charge is 0.00579 e. The average Bonchev–Trinajstić information content (AvgIpc) is 1.16. The quantitative estimate of drug-likeness (QED) is 0.490. The molecule has 1 aliphatic rings. The molecule has 0 aliphatic carbocycles. The highest BCUT2D eigenvalue weighted by Crippen LogP contribution is 2.78. The Morgan fingerprint density at radius 3 is 1.75 bits per heavy atom. The molecule has 1 rings (SSSR count). The maximum Gasteiger partial charge on any atom is 0.00579 e. The molecular formula is C5H15PS2. The van der Waals surface area contributed by atoms with Crippen molar-refractivity contribution in [1.29, 1.82) is 0 Å². The zero-order valence-electron chi connectivity index (χ0n) is 5.65. The molecule has 0 unspecified atom stereocenters. The minimum atomic E-state index is 0.517. The first-order valence-corrected chi connectivity index (χ1v) is 8.32. The topological polar surface area (TPSA) is 0 Å². The summed E-state index contributed by atoms with van der Waals surface area (Å²) in [7, 11) is 0. The Bertz CT molecular complexity index is 82.9. The molecule has 0 amide bonds. The number of hydrogen-bond acceptors (Lipinski definition) is 0. The van der Waals surface area contributed by atoms with Gasteiger partial charge >= 0.3 is 0 Å². The fraction of sp³-hybridized carbons (Fsp3) is 1.00. The summed E-state index contributed by atoms with van der Waals surface area (Å²) < 4.78 is 0. The molecule has 0 spiro atoms. The minimum absolute atomic E-state index is 0.517. The molecule has 0 saturated carbocycles. The average molecular weight is 170 g/mol. The first kappa shape index (κ1) is 7.24. The Kier molecular flexibility index (Phi) is 2.17. The zero-order chi connectivity index (χ0) is 6.20. The highest BCUT2D eigenvalue weighted by Gasteiger charge is 2.26. The third-order valence-corrected chi connectivity index (χ3v) is 16.0. The Morgan fingerprint density at radius 1 is 1.25 bits per heavy atom. The Labute approximate surface area is 60.4 Å². The summed E-state index contributed by atoms with van der Waals surface area (Å²) in [6.07, 6.45) is 0.517. The first-order valence-electron chi connectivity index (χ1n) is 2.88. The lowest BCUT2D eigenvalue weighted by Crippen LogP contribution is -2.10. The Morgan fingerprint density at radius 2 is 1.75 bits per heavy atom. The lowest BCUT2D eigenvalue weighted by Gasteiger charge is -2.40. The number of hydrogen-bond donors (Lipinski definition) is 0. The van der Waals surface area contributed by atoms with Crippen LogP contribution >= 0.6 is 29.1 Å². The largest absolute Gasteiger partial charge is 0.230 e. The van der Waals surface area contributed by atoms with Gasteiger partial charge in [-0.05, 0) is 11.5 Å². The van der Waals surface area contributed by atoms with E-state index in [1.54, 1.807) is 5.08 Å². The van der Waals surface area contributed by atoms with Crippen molar-refractivity contribution in [1.82, 2.24) is 0 Å². The van der Waals surface area contributed by atoms with E-state index in [0.717, 1.165) is 0 Å². The van der Waals surface area contributed by atoms with Gasteiger partial charge in [-0.25, -0.2) is 22.8 Å². The van der Waals surface area contributed by atoms with Crippen LogP contribution in [-0.4, -0.2) is 10.2 Å². The minimum Gasteiger partial charge on any atom is -0.230 e. The summed E-state index contributed by atoms with van der Waals surface area (Å²) in [6, 6.07) is 0. The van der Waals surface area contributed by atoms with Gasteiger partial charge < -0.3 is 0 Å². The van der Waals surface area contributed by atoms with E-state index in [4.69, 9.17) is 0 Å². The van der Waals surface area contributed by atoms with Crippen LogP contribution in [0.15, 0.2) is 0 Å². The molecule has 0 atom stereocenters. The van der Waals surface area contributed by atoms with Crippen molar-refractivity contribution in [2.75, 3.05) is 5.08 Å². The van der Waals surface area contributed by atoms with Gasteiger partial charge in [0.2, 0.25) is 0 Å². The van der Waals surface area contributed by atoms with E-state index in [1.807, 2.05) is 0 Å². The van der Waals surface area contributed by atoms with Gasteiger partial charge in [0.25, 0.3) is 0 Å². The second-order valence-electron chi connectivity index (χ2n) is 3.00. The molecule has 3 heteroatoms. The van der Waals surface area contributed by atoms with Gasteiger partial charge in [0.05, 0.1) is 0 Å².